The van der Waals surface area contributed by atoms with Crippen LogP contribution in [0.25, 0.3) is 11.1 Å². The number of unbranched alkanes of at least 4 members (excludes halogenated alkanes) is 2. The highest BCUT2D eigenvalue weighted by Crippen LogP contribution is 2.23. The van der Waals surface area contributed by atoms with Crippen LogP contribution in [0.15, 0.2) is 72.1 Å². The number of hydrogen-bond acceptors (Lipinski definition) is 4. The van der Waals surface area contributed by atoms with E-state index in [9.17, 15) is 4.79 Å². The third kappa shape index (κ3) is 6.18. The molecule has 0 amide bonds. The van der Waals surface area contributed by atoms with Crippen molar-refractivity contribution >= 4 is 17.3 Å². The van der Waals surface area contributed by atoms with Crippen molar-refractivity contribution in [2.75, 3.05) is 0 Å². The zero-order valence-corrected chi connectivity index (χ0v) is 17.1. The van der Waals surface area contributed by atoms with E-state index in [2.05, 4.69) is 39.2 Å². The van der Waals surface area contributed by atoms with Gasteiger partial charge in [0.15, 0.2) is 11.6 Å². The van der Waals surface area contributed by atoms with Gasteiger partial charge in [0.05, 0.1) is 5.71 Å². The summed E-state index contributed by atoms with van der Waals surface area (Å²) in [6.07, 6.45) is 9.97. The molecule has 3 rings (SSSR count). The number of rotatable bonds is 9. The number of nitrogens with zero attached hydrogens (tertiary/aromatic N) is 3. The molecule has 4 nitrogen and oxygen atoms in total. The Morgan fingerprint density at radius 2 is 1.72 bits per heavy atom. The first kappa shape index (κ1) is 20.6. The summed E-state index contributed by atoms with van der Waals surface area (Å²) >= 11 is 0. The number of ketones is 1. The van der Waals surface area contributed by atoms with Gasteiger partial charge in [0.1, 0.15) is 0 Å². The van der Waals surface area contributed by atoms with Crippen LogP contribution < -0.4 is 0 Å². The zero-order valence-electron chi connectivity index (χ0n) is 17.1. The average Bonchev–Trinajstić information content (AvgIpc) is 2.76. The predicted molar refractivity (Wildman–Crippen MR) is 119 cm³/mol. The molecule has 0 aliphatic carbocycles. The van der Waals surface area contributed by atoms with Crippen LogP contribution in [0.2, 0.25) is 0 Å². The normalized spacial score (nSPS) is 11.4. The molecule has 148 valence electrons. The minimum Gasteiger partial charge on any atom is -0.293 e. The van der Waals surface area contributed by atoms with E-state index < -0.39 is 0 Å². The van der Waals surface area contributed by atoms with Crippen molar-refractivity contribution in [3.05, 3.63) is 78.2 Å². The van der Waals surface area contributed by atoms with Crippen LogP contribution in [-0.2, 0) is 11.2 Å². The Morgan fingerprint density at radius 3 is 2.45 bits per heavy atom. The minimum atomic E-state index is 0.101. The van der Waals surface area contributed by atoms with Gasteiger partial charge in [-0.2, -0.15) is 0 Å². The van der Waals surface area contributed by atoms with E-state index in [0.29, 0.717) is 18.0 Å². The Bertz CT molecular complexity index is 966. The summed E-state index contributed by atoms with van der Waals surface area (Å²) in [5, 5.41) is 0. The van der Waals surface area contributed by atoms with Crippen LogP contribution in [-0.4, -0.2) is 21.5 Å². The largest absolute Gasteiger partial charge is 0.293 e. The van der Waals surface area contributed by atoms with Gasteiger partial charge in [0, 0.05) is 30.6 Å². The third-order valence-electron chi connectivity index (χ3n) is 4.95. The van der Waals surface area contributed by atoms with Crippen LogP contribution >= 0.6 is 0 Å². The van der Waals surface area contributed by atoms with E-state index in [0.717, 1.165) is 42.4 Å². The smallest absolute Gasteiger partial charge is 0.176 e. The summed E-state index contributed by atoms with van der Waals surface area (Å²) in [5.41, 5.74) is 4.92. The van der Waals surface area contributed by atoms with Crippen LogP contribution in [0.3, 0.4) is 0 Å². The van der Waals surface area contributed by atoms with E-state index >= 15 is 0 Å². The number of aromatic nitrogens is 2. The maximum absolute atomic E-state index is 12.4. The third-order valence-corrected chi connectivity index (χ3v) is 4.95. The fourth-order valence-electron chi connectivity index (χ4n) is 3.23. The van der Waals surface area contributed by atoms with Crippen LogP contribution in [0.5, 0.6) is 0 Å². The molecule has 0 fully saturated rings. The van der Waals surface area contributed by atoms with Gasteiger partial charge in [-0.3, -0.25) is 9.78 Å². The average molecular weight is 386 g/mol. The molecule has 29 heavy (non-hydrogen) atoms. The van der Waals surface area contributed by atoms with Crippen LogP contribution in [0.4, 0.5) is 5.82 Å². The number of pyridine rings is 2. The predicted octanol–water partition coefficient (Wildman–Crippen LogP) is 5.92. The van der Waals surface area contributed by atoms with Crippen molar-refractivity contribution in [2.24, 2.45) is 4.99 Å². The molecule has 0 unspecified atom stereocenters. The van der Waals surface area contributed by atoms with Gasteiger partial charge in [-0.15, -0.1) is 0 Å². The van der Waals surface area contributed by atoms with Gasteiger partial charge in [-0.25, -0.2) is 9.98 Å². The number of aliphatic imine (C=N–C) groups is 1. The summed E-state index contributed by atoms with van der Waals surface area (Å²) in [7, 11) is 0. The summed E-state index contributed by atoms with van der Waals surface area (Å²) in [5.74, 6) is 0.710. The van der Waals surface area contributed by atoms with Gasteiger partial charge < -0.3 is 0 Å². The molecule has 0 atom stereocenters. The molecule has 0 saturated heterocycles. The van der Waals surface area contributed by atoms with E-state index in [1.165, 1.54) is 5.56 Å². The van der Waals surface area contributed by atoms with Gasteiger partial charge in [0.25, 0.3) is 0 Å². The molecule has 0 saturated carbocycles. The van der Waals surface area contributed by atoms with Crippen molar-refractivity contribution in [3.8, 4) is 11.1 Å². The molecular formula is C25H27N3O. The molecule has 0 bridgehead atoms. The van der Waals surface area contributed by atoms with E-state index in [4.69, 9.17) is 0 Å². The Morgan fingerprint density at radius 1 is 0.966 bits per heavy atom. The highest BCUT2D eigenvalue weighted by Gasteiger charge is 2.09. The lowest BCUT2D eigenvalue weighted by atomic mass is 10.0. The van der Waals surface area contributed by atoms with Crippen LogP contribution in [0, 0.1) is 6.92 Å². The molecule has 1 aromatic carbocycles. The second-order valence-corrected chi connectivity index (χ2v) is 7.27. The Balaban J connectivity index is 1.51. The summed E-state index contributed by atoms with van der Waals surface area (Å²) < 4.78 is 0. The molecule has 0 aliphatic rings. The summed E-state index contributed by atoms with van der Waals surface area (Å²) in [6.45, 7) is 3.75. The zero-order chi connectivity index (χ0) is 20.5. The van der Waals surface area contributed by atoms with Crippen LogP contribution in [0.1, 0.15) is 43.7 Å². The fourth-order valence-corrected chi connectivity index (χ4v) is 3.23. The standard InChI is InChI=1S/C25H27N3O/c1-19-17-23(22-13-15-26-16-14-22)18-27-25(19)28-20(2)24(29)12-8-4-7-11-21-9-5-3-6-10-21/h3,5-6,9-10,13-18H,4,7-8,11-12H2,1-2H3. The highest BCUT2D eigenvalue weighted by molar-refractivity contribution is 6.39. The minimum absolute atomic E-state index is 0.101. The molecule has 4 heteroatoms. The van der Waals surface area contributed by atoms with Crippen molar-refractivity contribution < 1.29 is 4.79 Å². The topological polar surface area (TPSA) is 55.2 Å². The molecule has 0 spiro atoms. The fraction of sp³-hybridized carbons (Fsp3) is 0.280. The molecule has 3 aromatic rings. The van der Waals surface area contributed by atoms with Crippen molar-refractivity contribution in [1.82, 2.24) is 9.97 Å². The summed E-state index contributed by atoms with van der Waals surface area (Å²) in [6, 6.07) is 16.4. The van der Waals surface area contributed by atoms with E-state index in [1.807, 2.05) is 31.2 Å². The van der Waals surface area contributed by atoms with Crippen molar-refractivity contribution in [2.45, 2.75) is 46.0 Å². The van der Waals surface area contributed by atoms with Gasteiger partial charge in [-0.1, -0.05) is 36.8 Å². The number of carbonyl (C=O) groups excluding carboxylic acids is 1. The monoisotopic (exact) mass is 385 g/mol. The highest BCUT2D eigenvalue weighted by atomic mass is 16.1. The molecule has 2 aromatic heterocycles. The number of carbonyl (C=O) groups is 1. The molecule has 0 aliphatic heterocycles. The second kappa shape index (κ2) is 10.4. The maximum atomic E-state index is 12.4. The first-order chi connectivity index (χ1) is 14.1. The van der Waals surface area contributed by atoms with Gasteiger partial charge in [0.2, 0.25) is 0 Å². The van der Waals surface area contributed by atoms with Gasteiger partial charge in [-0.05, 0) is 68.0 Å². The van der Waals surface area contributed by atoms with E-state index in [1.54, 1.807) is 25.5 Å². The molecule has 2 heterocycles. The SMILES string of the molecule is CC(=Nc1ncc(-c2ccncc2)cc1C)C(=O)CCCCCc1ccccc1. The number of Topliss-reactive ketones (excluding diaryl/α,β-unsaturated/α-hetero) is 1. The second-order valence-electron chi connectivity index (χ2n) is 7.27. The van der Waals surface area contributed by atoms with Crippen molar-refractivity contribution in [1.29, 1.82) is 0 Å². The van der Waals surface area contributed by atoms with E-state index in [-0.39, 0.29) is 5.78 Å². The summed E-state index contributed by atoms with van der Waals surface area (Å²) in [4.78, 5) is 25.4. The molecule has 0 radical (unpaired) electrons. The lowest BCUT2D eigenvalue weighted by Crippen LogP contribution is -2.09. The number of aryl methyl sites for hydroxylation is 2. The number of hydrogen-bond donors (Lipinski definition) is 0. The lowest BCUT2D eigenvalue weighted by molar-refractivity contribution is -0.113. The first-order valence-corrected chi connectivity index (χ1v) is 10.1. The maximum Gasteiger partial charge on any atom is 0.176 e. The Labute approximate surface area is 172 Å². The lowest BCUT2D eigenvalue weighted by Gasteiger charge is -2.06. The van der Waals surface area contributed by atoms with Gasteiger partial charge >= 0.3 is 0 Å². The first-order valence-electron chi connectivity index (χ1n) is 10.1. The molecule has 0 N–H and O–H groups in total. The molecular weight excluding hydrogens is 358 g/mol. The Kier molecular flexibility index (Phi) is 7.40. The quantitative estimate of drug-likeness (QED) is 0.339. The van der Waals surface area contributed by atoms with Crippen molar-refractivity contribution in [3.63, 3.8) is 0 Å². The number of benzene rings is 1. The Hall–Kier alpha value is -3.14.